The van der Waals surface area contributed by atoms with E-state index in [4.69, 9.17) is 4.42 Å². The second-order valence-electron chi connectivity index (χ2n) is 8.39. The molecular formula is C30H17N3O. The number of nitrogens with zero attached hydrogens (tertiary/aromatic N) is 3. The molecule has 0 aliphatic carbocycles. The molecule has 0 aliphatic heterocycles. The number of benzene rings is 4. The van der Waals surface area contributed by atoms with Gasteiger partial charge in [-0.05, 0) is 42.5 Å². The van der Waals surface area contributed by atoms with E-state index in [1.807, 2.05) is 42.5 Å². The van der Waals surface area contributed by atoms with Gasteiger partial charge in [0.05, 0.1) is 16.7 Å². The lowest BCUT2D eigenvalue weighted by atomic mass is 10.1. The predicted octanol–water partition coefficient (Wildman–Crippen LogP) is 7.62. The highest BCUT2D eigenvalue weighted by Crippen LogP contribution is 2.38. The van der Waals surface area contributed by atoms with E-state index in [0.29, 0.717) is 5.69 Å². The topological polar surface area (TPSA) is 54.8 Å². The van der Waals surface area contributed by atoms with Crippen molar-refractivity contribution >= 4 is 43.7 Å². The first-order valence-electron chi connectivity index (χ1n) is 11.1. The largest absolute Gasteiger partial charge is 0.456 e. The van der Waals surface area contributed by atoms with Crippen LogP contribution in [0.4, 0.5) is 0 Å². The molecule has 34 heavy (non-hydrogen) atoms. The summed E-state index contributed by atoms with van der Waals surface area (Å²) >= 11 is 0. The first-order valence-corrected chi connectivity index (χ1v) is 11.1. The molecule has 0 spiro atoms. The Hall–Kier alpha value is -4.88. The maximum Gasteiger partial charge on any atom is 0.141 e. The van der Waals surface area contributed by atoms with Crippen molar-refractivity contribution in [3.8, 4) is 23.0 Å². The molecular weight excluding hydrogens is 418 g/mol. The van der Waals surface area contributed by atoms with Crippen LogP contribution < -0.4 is 0 Å². The van der Waals surface area contributed by atoms with Crippen molar-refractivity contribution in [3.05, 3.63) is 109 Å². The van der Waals surface area contributed by atoms with Gasteiger partial charge in [-0.1, -0.05) is 54.6 Å². The smallest absolute Gasteiger partial charge is 0.141 e. The fourth-order valence-corrected chi connectivity index (χ4v) is 4.93. The summed E-state index contributed by atoms with van der Waals surface area (Å²) in [6, 6.07) is 37.0. The van der Waals surface area contributed by atoms with Crippen molar-refractivity contribution in [1.82, 2.24) is 9.55 Å². The van der Waals surface area contributed by atoms with Crippen LogP contribution in [0.2, 0.25) is 0 Å². The molecule has 0 unspecified atom stereocenters. The number of para-hydroxylation sites is 2. The van der Waals surface area contributed by atoms with Crippen molar-refractivity contribution in [2.75, 3.05) is 0 Å². The molecule has 0 aliphatic rings. The fourth-order valence-electron chi connectivity index (χ4n) is 4.93. The standard InChI is InChI=1S/C30H17N3O/c31-18-20-8-6-12-26(32-20)19-7-5-9-21(15-19)33-27-13-3-1-10-22(27)24-16-25-23-11-2-4-14-29(23)34-30(25)17-28(24)33/h1-17H. The van der Waals surface area contributed by atoms with Crippen LogP contribution in [-0.2, 0) is 0 Å². The SMILES string of the molecule is N#Cc1cccc(-c2cccc(-n3c4ccccc4c4cc5c(cc43)oc3ccccc35)c2)n1. The first kappa shape index (κ1) is 18.7. The molecule has 0 fully saturated rings. The minimum atomic E-state index is 0.409. The summed E-state index contributed by atoms with van der Waals surface area (Å²) in [4.78, 5) is 4.49. The van der Waals surface area contributed by atoms with Crippen LogP contribution in [0.1, 0.15) is 5.69 Å². The Morgan fingerprint density at radius 3 is 2.38 bits per heavy atom. The maximum absolute atomic E-state index is 9.26. The Morgan fingerprint density at radius 2 is 1.47 bits per heavy atom. The lowest BCUT2D eigenvalue weighted by Gasteiger charge is -2.10. The van der Waals surface area contributed by atoms with E-state index in [-0.39, 0.29) is 0 Å². The first-order chi connectivity index (χ1) is 16.8. The van der Waals surface area contributed by atoms with E-state index in [1.165, 1.54) is 10.8 Å². The Labute approximate surface area is 194 Å². The molecule has 0 bridgehead atoms. The molecule has 7 rings (SSSR count). The molecule has 0 amide bonds. The third-order valence-electron chi connectivity index (χ3n) is 6.43. The molecule has 3 heterocycles. The third kappa shape index (κ3) is 2.68. The number of fused-ring (bicyclic) bond motifs is 6. The van der Waals surface area contributed by atoms with E-state index in [1.54, 1.807) is 6.07 Å². The zero-order chi connectivity index (χ0) is 22.6. The molecule has 7 aromatic rings. The molecule has 158 valence electrons. The van der Waals surface area contributed by atoms with E-state index in [0.717, 1.165) is 49.9 Å². The molecule has 0 saturated carbocycles. The van der Waals surface area contributed by atoms with Gasteiger partial charge in [0.15, 0.2) is 0 Å². The van der Waals surface area contributed by atoms with Gasteiger partial charge >= 0.3 is 0 Å². The van der Waals surface area contributed by atoms with E-state index in [2.05, 4.69) is 70.2 Å². The Balaban J connectivity index is 1.54. The normalized spacial score (nSPS) is 11.5. The monoisotopic (exact) mass is 435 g/mol. The summed E-state index contributed by atoms with van der Waals surface area (Å²) in [7, 11) is 0. The summed E-state index contributed by atoms with van der Waals surface area (Å²) in [6.45, 7) is 0. The third-order valence-corrected chi connectivity index (χ3v) is 6.43. The number of furan rings is 1. The summed E-state index contributed by atoms with van der Waals surface area (Å²) < 4.78 is 8.48. The van der Waals surface area contributed by atoms with Gasteiger partial charge in [0.2, 0.25) is 0 Å². The highest BCUT2D eigenvalue weighted by atomic mass is 16.3. The van der Waals surface area contributed by atoms with Crippen molar-refractivity contribution in [1.29, 1.82) is 5.26 Å². The Morgan fingerprint density at radius 1 is 0.647 bits per heavy atom. The van der Waals surface area contributed by atoms with Crippen LogP contribution in [-0.4, -0.2) is 9.55 Å². The van der Waals surface area contributed by atoms with Gasteiger partial charge in [0.1, 0.15) is 22.9 Å². The molecule has 3 aromatic heterocycles. The molecule has 0 N–H and O–H groups in total. The Bertz CT molecular complexity index is 1930. The number of hydrogen-bond donors (Lipinski definition) is 0. The van der Waals surface area contributed by atoms with Crippen molar-refractivity contribution < 1.29 is 4.42 Å². The van der Waals surface area contributed by atoms with Crippen LogP contribution in [0.3, 0.4) is 0 Å². The minimum absolute atomic E-state index is 0.409. The fraction of sp³-hybridized carbons (Fsp3) is 0. The average Bonchev–Trinajstić information content (AvgIpc) is 3.42. The van der Waals surface area contributed by atoms with Crippen LogP contribution in [0.15, 0.2) is 108 Å². The van der Waals surface area contributed by atoms with Gasteiger partial charge in [-0.15, -0.1) is 0 Å². The summed E-state index contributed by atoms with van der Waals surface area (Å²) in [5, 5.41) is 13.9. The lowest BCUT2D eigenvalue weighted by molar-refractivity contribution is 0.669. The zero-order valence-corrected chi connectivity index (χ0v) is 18.1. The quantitative estimate of drug-likeness (QED) is 0.281. The Kier molecular flexibility index (Phi) is 3.88. The summed E-state index contributed by atoms with van der Waals surface area (Å²) in [5.41, 5.74) is 7.17. The number of hydrogen-bond acceptors (Lipinski definition) is 3. The number of nitriles is 1. The summed E-state index contributed by atoms with van der Waals surface area (Å²) in [5.74, 6) is 0. The number of rotatable bonds is 2. The number of aromatic nitrogens is 2. The molecule has 4 nitrogen and oxygen atoms in total. The molecule has 0 saturated heterocycles. The highest BCUT2D eigenvalue weighted by Gasteiger charge is 2.16. The van der Waals surface area contributed by atoms with Gasteiger partial charge in [-0.2, -0.15) is 5.26 Å². The lowest BCUT2D eigenvalue weighted by Crippen LogP contribution is -1.95. The molecule has 4 aromatic carbocycles. The van der Waals surface area contributed by atoms with Crippen LogP contribution >= 0.6 is 0 Å². The van der Waals surface area contributed by atoms with Gasteiger partial charge < -0.3 is 8.98 Å². The van der Waals surface area contributed by atoms with E-state index in [9.17, 15) is 5.26 Å². The second-order valence-corrected chi connectivity index (χ2v) is 8.39. The maximum atomic E-state index is 9.26. The van der Waals surface area contributed by atoms with Crippen molar-refractivity contribution in [3.63, 3.8) is 0 Å². The van der Waals surface area contributed by atoms with Gasteiger partial charge in [-0.25, -0.2) is 4.98 Å². The summed E-state index contributed by atoms with van der Waals surface area (Å²) in [6.07, 6.45) is 0. The van der Waals surface area contributed by atoms with Gasteiger partial charge in [0.25, 0.3) is 0 Å². The highest BCUT2D eigenvalue weighted by molar-refractivity contribution is 6.17. The van der Waals surface area contributed by atoms with Gasteiger partial charge in [-0.3, -0.25) is 0 Å². The van der Waals surface area contributed by atoms with E-state index < -0.39 is 0 Å². The second kappa shape index (κ2) is 7.06. The predicted molar refractivity (Wildman–Crippen MR) is 136 cm³/mol. The van der Waals surface area contributed by atoms with Crippen molar-refractivity contribution in [2.45, 2.75) is 0 Å². The minimum Gasteiger partial charge on any atom is -0.456 e. The van der Waals surface area contributed by atoms with Gasteiger partial charge in [0, 0.05) is 38.9 Å². The van der Waals surface area contributed by atoms with Crippen LogP contribution in [0, 0.1) is 11.3 Å². The van der Waals surface area contributed by atoms with Crippen LogP contribution in [0.5, 0.6) is 0 Å². The zero-order valence-electron chi connectivity index (χ0n) is 18.1. The molecule has 4 heteroatoms. The molecule has 0 radical (unpaired) electrons. The van der Waals surface area contributed by atoms with Crippen molar-refractivity contribution in [2.24, 2.45) is 0 Å². The number of pyridine rings is 1. The average molecular weight is 435 g/mol. The van der Waals surface area contributed by atoms with E-state index >= 15 is 0 Å². The van der Waals surface area contributed by atoms with Crippen LogP contribution in [0.25, 0.3) is 60.7 Å². The molecule has 0 atom stereocenters.